The fraction of sp³-hybridized carbons (Fsp3) is 0.357. The molecule has 0 bridgehead atoms. The van der Waals surface area contributed by atoms with Gasteiger partial charge in [-0.25, -0.2) is 0 Å². The molecule has 9 heteroatoms. The van der Waals surface area contributed by atoms with E-state index in [0.717, 1.165) is 24.6 Å². The highest BCUT2D eigenvalue weighted by Gasteiger charge is 2.35. The Morgan fingerprint density at radius 2 is 1.78 bits per heavy atom. The molecular weight excluding hydrogens is 510 g/mol. The quantitative estimate of drug-likeness (QED) is 0.446. The van der Waals surface area contributed by atoms with Gasteiger partial charge in [0.2, 0.25) is 5.91 Å². The van der Waals surface area contributed by atoms with Crippen LogP contribution in [0.5, 0.6) is 0 Å². The van der Waals surface area contributed by atoms with Crippen LogP contribution in [0.1, 0.15) is 48.2 Å². The number of nitrogens with zero attached hydrogens (tertiary/aromatic N) is 3. The summed E-state index contributed by atoms with van der Waals surface area (Å²) in [6, 6.07) is 14.1. The molecular formula is C28H30ClN3O4S. The van der Waals surface area contributed by atoms with Gasteiger partial charge >= 0.3 is 0 Å². The molecule has 37 heavy (non-hydrogen) atoms. The van der Waals surface area contributed by atoms with E-state index < -0.39 is 0 Å². The van der Waals surface area contributed by atoms with E-state index in [9.17, 15) is 19.2 Å². The van der Waals surface area contributed by atoms with Crippen LogP contribution in [0, 0.1) is 5.92 Å². The van der Waals surface area contributed by atoms with Crippen LogP contribution in [0.3, 0.4) is 0 Å². The Morgan fingerprint density at radius 3 is 2.46 bits per heavy atom. The van der Waals surface area contributed by atoms with Crippen molar-refractivity contribution in [3.63, 3.8) is 0 Å². The van der Waals surface area contributed by atoms with Crippen molar-refractivity contribution in [1.29, 1.82) is 0 Å². The average Bonchev–Trinajstić information content (AvgIpc) is 3.17. The van der Waals surface area contributed by atoms with E-state index in [4.69, 9.17) is 11.6 Å². The lowest BCUT2D eigenvalue weighted by Crippen LogP contribution is -2.46. The first-order chi connectivity index (χ1) is 17.8. The summed E-state index contributed by atoms with van der Waals surface area (Å²) in [5.41, 5.74) is 1.95. The third-order valence-corrected chi connectivity index (χ3v) is 8.02. The number of thioether (sulfide) groups is 1. The molecule has 2 saturated heterocycles. The molecule has 1 unspecified atom stereocenters. The molecule has 2 aliphatic rings. The van der Waals surface area contributed by atoms with Gasteiger partial charge in [-0.1, -0.05) is 41.9 Å². The number of carbonyl (C=O) groups excluding carboxylic acids is 4. The van der Waals surface area contributed by atoms with Gasteiger partial charge in [-0.05, 0) is 73.9 Å². The standard InChI is InChI=1S/C28H30ClN3O4S/c1-3-30(4-2)26(34)22-9-7-15-31(17-22)25(33)20-13-11-19(12-14-20)16-24-27(35)32(28(36)37-24)18-21-8-5-6-10-23(21)29/h5-6,8,10-14,16,22H,3-4,7,9,15,17-18H2,1-2H3. The second-order valence-corrected chi connectivity index (χ2v) is 10.5. The largest absolute Gasteiger partial charge is 0.343 e. The van der Waals surface area contributed by atoms with E-state index in [-0.39, 0.29) is 35.4 Å². The lowest BCUT2D eigenvalue weighted by Gasteiger charge is -2.34. The summed E-state index contributed by atoms with van der Waals surface area (Å²) in [7, 11) is 0. The highest BCUT2D eigenvalue weighted by Crippen LogP contribution is 2.34. The van der Waals surface area contributed by atoms with Crippen molar-refractivity contribution in [3.05, 3.63) is 75.1 Å². The Kier molecular flexibility index (Phi) is 8.71. The van der Waals surface area contributed by atoms with Gasteiger partial charge < -0.3 is 9.80 Å². The molecule has 4 rings (SSSR count). The highest BCUT2D eigenvalue weighted by atomic mass is 35.5. The van der Waals surface area contributed by atoms with Crippen LogP contribution in [0.2, 0.25) is 5.02 Å². The van der Waals surface area contributed by atoms with Crippen molar-refractivity contribution >= 4 is 52.4 Å². The molecule has 0 aliphatic carbocycles. The topological polar surface area (TPSA) is 78.0 Å². The maximum Gasteiger partial charge on any atom is 0.293 e. The van der Waals surface area contributed by atoms with Crippen molar-refractivity contribution in [2.75, 3.05) is 26.2 Å². The molecule has 0 radical (unpaired) electrons. The minimum absolute atomic E-state index is 0.108. The summed E-state index contributed by atoms with van der Waals surface area (Å²) in [5, 5.41) is 0.158. The number of hydrogen-bond donors (Lipinski definition) is 0. The molecule has 0 aromatic heterocycles. The van der Waals surface area contributed by atoms with Gasteiger partial charge in [0.25, 0.3) is 17.1 Å². The van der Waals surface area contributed by atoms with Gasteiger partial charge in [0.05, 0.1) is 17.4 Å². The van der Waals surface area contributed by atoms with Crippen LogP contribution in [0.4, 0.5) is 4.79 Å². The fourth-order valence-corrected chi connectivity index (χ4v) is 5.68. The number of carbonyl (C=O) groups is 4. The SMILES string of the molecule is CCN(CC)C(=O)C1CCCN(C(=O)c2ccc(C=C3SC(=O)N(Cc4ccccc4Cl)C3=O)cc2)C1. The van der Waals surface area contributed by atoms with E-state index in [0.29, 0.717) is 52.8 Å². The Bertz CT molecular complexity index is 1230. The second-order valence-electron chi connectivity index (χ2n) is 9.08. The molecule has 2 heterocycles. The second kappa shape index (κ2) is 12.0. The summed E-state index contributed by atoms with van der Waals surface area (Å²) in [6.07, 6.45) is 3.25. The zero-order valence-corrected chi connectivity index (χ0v) is 22.6. The van der Waals surface area contributed by atoms with Crippen molar-refractivity contribution in [2.24, 2.45) is 5.92 Å². The van der Waals surface area contributed by atoms with Crippen molar-refractivity contribution < 1.29 is 19.2 Å². The number of likely N-dealkylation sites (tertiary alicyclic amines) is 1. The molecule has 4 amide bonds. The molecule has 7 nitrogen and oxygen atoms in total. The molecule has 0 N–H and O–H groups in total. The van der Waals surface area contributed by atoms with Gasteiger partial charge in [0, 0.05) is 36.8 Å². The van der Waals surface area contributed by atoms with E-state index in [1.54, 1.807) is 53.4 Å². The summed E-state index contributed by atoms with van der Waals surface area (Å²) in [5.74, 6) is -0.532. The summed E-state index contributed by atoms with van der Waals surface area (Å²) >= 11 is 7.08. The summed E-state index contributed by atoms with van der Waals surface area (Å²) < 4.78 is 0. The molecule has 0 saturated carbocycles. The van der Waals surface area contributed by atoms with Crippen LogP contribution in [-0.4, -0.2) is 63.8 Å². The van der Waals surface area contributed by atoms with Crippen LogP contribution < -0.4 is 0 Å². The Morgan fingerprint density at radius 1 is 1.08 bits per heavy atom. The number of piperidine rings is 1. The molecule has 0 spiro atoms. The molecule has 2 aliphatic heterocycles. The lowest BCUT2D eigenvalue weighted by atomic mass is 9.95. The molecule has 2 fully saturated rings. The Balaban J connectivity index is 1.42. The van der Waals surface area contributed by atoms with E-state index >= 15 is 0 Å². The maximum absolute atomic E-state index is 13.1. The number of hydrogen-bond acceptors (Lipinski definition) is 5. The first kappa shape index (κ1) is 26.9. The number of benzene rings is 2. The number of amides is 4. The highest BCUT2D eigenvalue weighted by molar-refractivity contribution is 8.18. The Labute approximate surface area is 226 Å². The predicted molar refractivity (Wildman–Crippen MR) is 146 cm³/mol. The zero-order chi connectivity index (χ0) is 26.5. The third-order valence-electron chi connectivity index (χ3n) is 6.75. The number of imide groups is 1. The number of halogens is 1. The lowest BCUT2D eigenvalue weighted by molar-refractivity contribution is -0.136. The van der Waals surface area contributed by atoms with Gasteiger partial charge in [0.1, 0.15) is 0 Å². The van der Waals surface area contributed by atoms with Crippen LogP contribution in [-0.2, 0) is 16.1 Å². The maximum atomic E-state index is 13.1. The van der Waals surface area contributed by atoms with Crippen molar-refractivity contribution in [1.82, 2.24) is 14.7 Å². The normalized spacial score (nSPS) is 19.0. The first-order valence-corrected chi connectivity index (χ1v) is 13.7. The van der Waals surface area contributed by atoms with Gasteiger partial charge in [-0.15, -0.1) is 0 Å². The van der Waals surface area contributed by atoms with E-state index in [2.05, 4.69) is 0 Å². The van der Waals surface area contributed by atoms with Crippen LogP contribution >= 0.6 is 23.4 Å². The first-order valence-electron chi connectivity index (χ1n) is 12.5. The molecule has 194 valence electrons. The van der Waals surface area contributed by atoms with E-state index in [1.165, 1.54) is 4.90 Å². The zero-order valence-electron chi connectivity index (χ0n) is 21.0. The van der Waals surface area contributed by atoms with Gasteiger partial charge in [0.15, 0.2) is 0 Å². The molecule has 1 atom stereocenters. The van der Waals surface area contributed by atoms with Gasteiger partial charge in [-0.2, -0.15) is 0 Å². The molecule has 2 aromatic carbocycles. The third kappa shape index (κ3) is 6.08. The smallest absolute Gasteiger partial charge is 0.293 e. The van der Waals surface area contributed by atoms with Crippen molar-refractivity contribution in [3.8, 4) is 0 Å². The summed E-state index contributed by atoms with van der Waals surface area (Å²) in [4.78, 5) is 56.4. The average molecular weight is 540 g/mol. The monoisotopic (exact) mass is 539 g/mol. The van der Waals surface area contributed by atoms with Crippen LogP contribution in [0.15, 0.2) is 53.4 Å². The van der Waals surface area contributed by atoms with Crippen LogP contribution in [0.25, 0.3) is 6.08 Å². The minimum Gasteiger partial charge on any atom is -0.343 e. The Hall–Kier alpha value is -3.10. The minimum atomic E-state index is -0.368. The van der Waals surface area contributed by atoms with E-state index in [1.807, 2.05) is 24.8 Å². The fourth-order valence-electron chi connectivity index (χ4n) is 4.65. The summed E-state index contributed by atoms with van der Waals surface area (Å²) in [6.45, 7) is 6.43. The van der Waals surface area contributed by atoms with Crippen molar-refractivity contribution in [2.45, 2.75) is 33.2 Å². The molecule has 2 aromatic rings. The van der Waals surface area contributed by atoms with Gasteiger partial charge in [-0.3, -0.25) is 24.1 Å². The predicted octanol–water partition coefficient (Wildman–Crippen LogP) is 5.30. The number of rotatable bonds is 7.